The van der Waals surface area contributed by atoms with Crippen molar-refractivity contribution in [2.24, 2.45) is 18.7 Å². The summed E-state index contributed by atoms with van der Waals surface area (Å²) in [5.74, 6) is 0.779. The summed E-state index contributed by atoms with van der Waals surface area (Å²) in [7, 11) is 1.91. The molecule has 0 atom stereocenters. The third-order valence-corrected chi connectivity index (χ3v) is 3.45. The van der Waals surface area contributed by atoms with Crippen LogP contribution in [0.5, 0.6) is 0 Å². The van der Waals surface area contributed by atoms with Crippen LogP contribution in [0.25, 0.3) is 0 Å². The standard InChI is InChI=1S/C13H24ClN5/c1-9(2)7-19(6-5-12(15)16)8-11-13(14)10(3)17-18(11)4/h9H,5-8H2,1-4H3,(H3,15,16). The summed E-state index contributed by atoms with van der Waals surface area (Å²) < 4.78 is 1.83. The molecule has 5 nitrogen and oxygen atoms in total. The summed E-state index contributed by atoms with van der Waals surface area (Å²) in [6.07, 6.45) is 0.584. The lowest BCUT2D eigenvalue weighted by Gasteiger charge is -2.24. The zero-order chi connectivity index (χ0) is 14.6. The van der Waals surface area contributed by atoms with Crippen molar-refractivity contribution in [3.05, 3.63) is 16.4 Å². The average Bonchev–Trinajstić information content (AvgIpc) is 2.52. The monoisotopic (exact) mass is 285 g/mol. The maximum Gasteiger partial charge on any atom is 0.0918 e. The van der Waals surface area contributed by atoms with Gasteiger partial charge in [0.15, 0.2) is 0 Å². The van der Waals surface area contributed by atoms with E-state index in [-0.39, 0.29) is 5.84 Å². The molecular weight excluding hydrogens is 262 g/mol. The molecule has 0 fully saturated rings. The van der Waals surface area contributed by atoms with Crippen molar-refractivity contribution < 1.29 is 0 Å². The van der Waals surface area contributed by atoms with Crippen LogP contribution in [0.15, 0.2) is 0 Å². The van der Waals surface area contributed by atoms with E-state index >= 15 is 0 Å². The van der Waals surface area contributed by atoms with Gasteiger partial charge in [0, 0.05) is 33.1 Å². The van der Waals surface area contributed by atoms with Gasteiger partial charge in [0.1, 0.15) is 0 Å². The lowest BCUT2D eigenvalue weighted by molar-refractivity contribution is 0.236. The number of hydrogen-bond acceptors (Lipinski definition) is 3. The van der Waals surface area contributed by atoms with Crippen molar-refractivity contribution in [2.75, 3.05) is 13.1 Å². The molecule has 108 valence electrons. The van der Waals surface area contributed by atoms with Gasteiger partial charge in [-0.3, -0.25) is 15.0 Å². The van der Waals surface area contributed by atoms with Crippen LogP contribution in [0.4, 0.5) is 0 Å². The van der Waals surface area contributed by atoms with E-state index in [0.717, 1.165) is 36.0 Å². The summed E-state index contributed by atoms with van der Waals surface area (Å²) >= 11 is 6.28. The Hall–Kier alpha value is -1.07. The highest BCUT2D eigenvalue weighted by Crippen LogP contribution is 2.21. The predicted molar refractivity (Wildman–Crippen MR) is 79.6 cm³/mol. The number of nitrogens with two attached hydrogens (primary N) is 1. The first-order chi connectivity index (χ1) is 8.81. The Balaban J connectivity index is 2.78. The van der Waals surface area contributed by atoms with Crippen LogP contribution in [0, 0.1) is 18.3 Å². The summed E-state index contributed by atoms with van der Waals surface area (Å²) in [4.78, 5) is 2.27. The quantitative estimate of drug-likeness (QED) is 0.596. The SMILES string of the molecule is Cc1nn(C)c(CN(CCC(=N)N)CC(C)C)c1Cl. The van der Waals surface area contributed by atoms with E-state index in [1.165, 1.54) is 0 Å². The van der Waals surface area contributed by atoms with Gasteiger partial charge in [-0.2, -0.15) is 5.10 Å². The number of aromatic nitrogens is 2. The molecule has 0 spiro atoms. The minimum Gasteiger partial charge on any atom is -0.388 e. The minimum atomic E-state index is 0.223. The lowest BCUT2D eigenvalue weighted by atomic mass is 10.2. The molecular formula is C13H24ClN5. The number of hydrogen-bond donors (Lipinski definition) is 2. The summed E-state index contributed by atoms with van der Waals surface area (Å²) in [5, 5.41) is 12.4. The number of nitrogens with one attached hydrogen (secondary N) is 1. The fourth-order valence-corrected chi connectivity index (χ4v) is 2.31. The van der Waals surface area contributed by atoms with Crippen LogP contribution in [0.3, 0.4) is 0 Å². The largest absolute Gasteiger partial charge is 0.388 e. The second-order valence-electron chi connectivity index (χ2n) is 5.37. The van der Waals surface area contributed by atoms with E-state index in [2.05, 4.69) is 23.8 Å². The summed E-state index contributed by atoms with van der Waals surface area (Å²) in [6.45, 7) is 8.73. The van der Waals surface area contributed by atoms with Crippen LogP contribution in [-0.4, -0.2) is 33.6 Å². The Labute approximate surface area is 120 Å². The summed E-state index contributed by atoms with van der Waals surface area (Å²) in [5.41, 5.74) is 7.32. The van der Waals surface area contributed by atoms with Crippen LogP contribution >= 0.6 is 11.6 Å². The molecule has 0 radical (unpaired) electrons. The van der Waals surface area contributed by atoms with Crippen molar-refractivity contribution in [3.63, 3.8) is 0 Å². The lowest BCUT2D eigenvalue weighted by Crippen LogP contribution is -2.31. The van der Waals surface area contributed by atoms with Gasteiger partial charge in [-0.1, -0.05) is 25.4 Å². The third kappa shape index (κ3) is 4.84. The maximum absolute atomic E-state index is 7.35. The molecule has 0 unspecified atom stereocenters. The molecule has 1 aromatic rings. The Morgan fingerprint density at radius 2 is 2.16 bits per heavy atom. The average molecular weight is 286 g/mol. The molecule has 0 saturated carbocycles. The van der Waals surface area contributed by atoms with E-state index in [1.807, 2.05) is 18.7 Å². The fourth-order valence-electron chi connectivity index (χ4n) is 2.09. The molecule has 0 amide bonds. The Morgan fingerprint density at radius 1 is 1.53 bits per heavy atom. The maximum atomic E-state index is 7.35. The van der Waals surface area contributed by atoms with Crippen LogP contribution in [-0.2, 0) is 13.6 Å². The molecule has 0 aliphatic heterocycles. The molecule has 0 aliphatic rings. The molecule has 19 heavy (non-hydrogen) atoms. The second kappa shape index (κ2) is 6.91. The third-order valence-electron chi connectivity index (χ3n) is 2.96. The van der Waals surface area contributed by atoms with Crippen LogP contribution in [0.1, 0.15) is 31.7 Å². The highest BCUT2D eigenvalue weighted by molar-refractivity contribution is 6.31. The van der Waals surface area contributed by atoms with E-state index in [0.29, 0.717) is 12.3 Å². The van der Waals surface area contributed by atoms with Gasteiger partial charge in [-0.15, -0.1) is 0 Å². The Kier molecular flexibility index (Phi) is 5.82. The van der Waals surface area contributed by atoms with Gasteiger partial charge in [0.2, 0.25) is 0 Å². The predicted octanol–water partition coefficient (Wildman–Crippen LogP) is 2.17. The van der Waals surface area contributed by atoms with Crippen molar-refractivity contribution >= 4 is 17.4 Å². The molecule has 1 rings (SSSR count). The Bertz CT molecular complexity index is 438. The van der Waals surface area contributed by atoms with E-state index < -0.39 is 0 Å². The van der Waals surface area contributed by atoms with Gasteiger partial charge >= 0.3 is 0 Å². The number of halogens is 1. The number of amidine groups is 1. The van der Waals surface area contributed by atoms with Gasteiger partial charge in [0.05, 0.1) is 22.2 Å². The molecule has 6 heteroatoms. The van der Waals surface area contributed by atoms with Crippen molar-refractivity contribution in [1.82, 2.24) is 14.7 Å². The number of nitrogens with zero attached hydrogens (tertiary/aromatic N) is 3. The topological polar surface area (TPSA) is 70.9 Å². The van der Waals surface area contributed by atoms with Crippen molar-refractivity contribution in [1.29, 1.82) is 5.41 Å². The zero-order valence-corrected chi connectivity index (χ0v) is 13.0. The van der Waals surface area contributed by atoms with Crippen molar-refractivity contribution in [2.45, 2.75) is 33.7 Å². The van der Waals surface area contributed by atoms with E-state index in [1.54, 1.807) is 0 Å². The first kappa shape index (κ1) is 16.0. The molecule has 3 N–H and O–H groups in total. The number of rotatable bonds is 7. The molecule has 0 aliphatic carbocycles. The van der Waals surface area contributed by atoms with Gasteiger partial charge < -0.3 is 5.73 Å². The molecule has 1 heterocycles. The van der Waals surface area contributed by atoms with Gasteiger partial charge in [-0.25, -0.2) is 0 Å². The highest BCUT2D eigenvalue weighted by atomic mass is 35.5. The first-order valence-electron chi connectivity index (χ1n) is 6.54. The smallest absolute Gasteiger partial charge is 0.0918 e. The van der Waals surface area contributed by atoms with E-state index in [4.69, 9.17) is 22.7 Å². The first-order valence-corrected chi connectivity index (χ1v) is 6.92. The molecule has 0 aromatic carbocycles. The minimum absolute atomic E-state index is 0.223. The Morgan fingerprint density at radius 3 is 2.58 bits per heavy atom. The second-order valence-corrected chi connectivity index (χ2v) is 5.75. The van der Waals surface area contributed by atoms with Crippen molar-refractivity contribution in [3.8, 4) is 0 Å². The highest BCUT2D eigenvalue weighted by Gasteiger charge is 2.16. The van der Waals surface area contributed by atoms with Crippen LogP contribution in [0.2, 0.25) is 5.02 Å². The molecule has 1 aromatic heterocycles. The zero-order valence-electron chi connectivity index (χ0n) is 12.2. The van der Waals surface area contributed by atoms with Crippen LogP contribution < -0.4 is 5.73 Å². The van der Waals surface area contributed by atoms with Gasteiger partial charge in [-0.05, 0) is 12.8 Å². The normalized spacial score (nSPS) is 11.5. The van der Waals surface area contributed by atoms with E-state index in [9.17, 15) is 0 Å². The molecule has 0 bridgehead atoms. The fraction of sp³-hybridized carbons (Fsp3) is 0.692. The summed E-state index contributed by atoms with van der Waals surface area (Å²) in [6, 6.07) is 0. The molecule has 0 saturated heterocycles. The van der Waals surface area contributed by atoms with Gasteiger partial charge in [0.25, 0.3) is 0 Å². The number of aryl methyl sites for hydroxylation is 2.